The zero-order valence-electron chi connectivity index (χ0n) is 19.7. The van der Waals surface area contributed by atoms with E-state index in [1.54, 1.807) is 13.0 Å². The Morgan fingerprint density at radius 1 is 1.41 bits per heavy atom. The van der Waals surface area contributed by atoms with Gasteiger partial charge in [0, 0.05) is 29.6 Å². The monoisotopic (exact) mass is 489 g/mol. The summed E-state index contributed by atoms with van der Waals surface area (Å²) in [6.07, 6.45) is 0.263. The summed E-state index contributed by atoms with van der Waals surface area (Å²) in [6, 6.07) is 8.99. The van der Waals surface area contributed by atoms with Gasteiger partial charge in [0.25, 0.3) is 6.43 Å². The van der Waals surface area contributed by atoms with E-state index in [-0.39, 0.29) is 16.9 Å². The molecule has 1 aliphatic rings. The molecular weight excluding hydrogens is 460 g/mol. The second-order valence-electron chi connectivity index (χ2n) is 8.66. The lowest BCUT2D eigenvalue weighted by Crippen LogP contribution is -2.31. The van der Waals surface area contributed by atoms with E-state index in [9.17, 15) is 23.9 Å². The number of aromatic nitrogens is 1. The van der Waals surface area contributed by atoms with Crippen LogP contribution in [0, 0.1) is 17.2 Å². The van der Waals surface area contributed by atoms with Gasteiger partial charge in [0.2, 0.25) is 0 Å². The molecule has 1 aliphatic heterocycles. The fourth-order valence-corrected chi connectivity index (χ4v) is 4.55. The normalized spacial score (nSPS) is 16.7. The van der Waals surface area contributed by atoms with Crippen molar-refractivity contribution < 1.29 is 18.7 Å². The van der Waals surface area contributed by atoms with E-state index >= 15 is 0 Å². The lowest BCUT2D eigenvalue weighted by molar-refractivity contribution is -0.141. The third kappa shape index (κ3) is 5.77. The molecule has 0 aliphatic carbocycles. The van der Waals surface area contributed by atoms with Gasteiger partial charge in [0.15, 0.2) is 5.82 Å². The Kier molecular flexibility index (Phi) is 8.33. The van der Waals surface area contributed by atoms with E-state index < -0.39 is 18.3 Å². The van der Waals surface area contributed by atoms with Crippen LogP contribution >= 0.6 is 11.8 Å². The number of benzene rings is 1. The Labute approximate surface area is 202 Å². The molecule has 2 aromatic rings. The van der Waals surface area contributed by atoms with Crippen LogP contribution in [0.5, 0.6) is 0 Å². The summed E-state index contributed by atoms with van der Waals surface area (Å²) in [4.78, 5) is 20.8. The Hall–Kier alpha value is -2.90. The number of alkyl halides is 2. The van der Waals surface area contributed by atoms with Crippen molar-refractivity contribution in [3.63, 3.8) is 0 Å². The molecule has 34 heavy (non-hydrogen) atoms. The number of hydrogen-bond acceptors (Lipinski definition) is 7. The van der Waals surface area contributed by atoms with Crippen LogP contribution in [-0.2, 0) is 11.2 Å². The number of pyridine rings is 1. The molecule has 2 atom stereocenters. The summed E-state index contributed by atoms with van der Waals surface area (Å²) in [5.74, 6) is -0.994. The lowest BCUT2D eigenvalue weighted by atomic mass is 10.0. The minimum Gasteiger partial charge on any atom is -0.481 e. The zero-order chi connectivity index (χ0) is 25.0. The number of hydrogen-bond donors (Lipinski definition) is 2. The fraction of sp³-hybridized carbons (Fsp3) is 0.458. The number of carboxylic acid groups (broad SMARTS) is 1. The third-order valence-corrected chi connectivity index (χ3v) is 6.88. The highest BCUT2D eigenvalue weighted by Crippen LogP contribution is 2.36. The highest BCUT2D eigenvalue weighted by molar-refractivity contribution is 7.98. The van der Waals surface area contributed by atoms with Gasteiger partial charge < -0.3 is 20.2 Å². The van der Waals surface area contributed by atoms with Gasteiger partial charge >= 0.3 is 5.97 Å². The number of nitrogens with zero attached hydrogens (tertiary/aromatic N) is 4. The average molecular weight is 490 g/mol. The predicted molar refractivity (Wildman–Crippen MR) is 130 cm³/mol. The first-order chi connectivity index (χ1) is 16.1. The van der Waals surface area contributed by atoms with Crippen molar-refractivity contribution in [2.24, 2.45) is 5.92 Å². The quantitative estimate of drug-likeness (QED) is 0.487. The Balaban J connectivity index is 2.02. The van der Waals surface area contributed by atoms with Crippen LogP contribution in [0.3, 0.4) is 0 Å². The molecule has 0 spiro atoms. The summed E-state index contributed by atoms with van der Waals surface area (Å²) in [7, 11) is 3.97. The van der Waals surface area contributed by atoms with E-state index in [2.05, 4.69) is 15.2 Å². The van der Waals surface area contributed by atoms with Crippen LogP contribution in [0.1, 0.15) is 36.5 Å². The third-order valence-electron chi connectivity index (χ3n) is 6.08. The summed E-state index contributed by atoms with van der Waals surface area (Å²) >= 11 is 1.45. The maximum atomic E-state index is 13.9. The van der Waals surface area contributed by atoms with Crippen LogP contribution in [0.4, 0.5) is 26.1 Å². The van der Waals surface area contributed by atoms with Crippen LogP contribution in [0.25, 0.3) is 0 Å². The van der Waals surface area contributed by atoms with Gasteiger partial charge in [-0.2, -0.15) is 5.26 Å². The van der Waals surface area contributed by atoms with Gasteiger partial charge in [-0.15, -0.1) is 11.8 Å². The Morgan fingerprint density at radius 3 is 2.71 bits per heavy atom. The van der Waals surface area contributed by atoms with Crippen molar-refractivity contribution in [1.29, 1.82) is 5.26 Å². The lowest BCUT2D eigenvalue weighted by Gasteiger charge is -2.23. The van der Waals surface area contributed by atoms with Gasteiger partial charge in [0.05, 0.1) is 11.6 Å². The van der Waals surface area contributed by atoms with E-state index in [4.69, 9.17) is 0 Å². The molecule has 1 fully saturated rings. The number of nitrogens with one attached hydrogen (secondary N) is 1. The number of anilines is 3. The summed E-state index contributed by atoms with van der Waals surface area (Å²) < 4.78 is 27.9. The van der Waals surface area contributed by atoms with Crippen molar-refractivity contribution in [3.05, 3.63) is 41.0 Å². The first-order valence-corrected chi connectivity index (χ1v) is 12.2. The summed E-state index contributed by atoms with van der Waals surface area (Å²) in [5, 5.41) is 22.1. The molecule has 1 saturated heterocycles. The van der Waals surface area contributed by atoms with Crippen LogP contribution in [-0.4, -0.2) is 60.4 Å². The van der Waals surface area contributed by atoms with E-state index in [0.717, 1.165) is 16.9 Å². The molecule has 1 aromatic carbocycles. The maximum Gasteiger partial charge on any atom is 0.306 e. The van der Waals surface area contributed by atoms with Gasteiger partial charge in [-0.3, -0.25) is 4.79 Å². The second kappa shape index (κ2) is 11.0. The molecule has 0 radical (unpaired) electrons. The van der Waals surface area contributed by atoms with Crippen molar-refractivity contribution in [1.82, 2.24) is 9.88 Å². The van der Waals surface area contributed by atoms with Gasteiger partial charge in [-0.25, -0.2) is 13.8 Å². The van der Waals surface area contributed by atoms with Crippen molar-refractivity contribution in [2.45, 2.75) is 37.1 Å². The molecule has 182 valence electrons. The van der Waals surface area contributed by atoms with Gasteiger partial charge in [0.1, 0.15) is 17.5 Å². The number of thioether (sulfide) groups is 1. The maximum absolute atomic E-state index is 13.9. The Morgan fingerprint density at radius 2 is 2.15 bits per heavy atom. The number of aliphatic carboxylic acids is 1. The number of likely N-dealkylation sites (N-methyl/N-ethyl adjacent to an activating group) is 1. The van der Waals surface area contributed by atoms with Crippen molar-refractivity contribution >= 4 is 35.1 Å². The summed E-state index contributed by atoms with van der Waals surface area (Å²) in [5.41, 5.74) is 0.826. The number of carbonyl (C=O) groups is 1. The molecule has 1 unspecified atom stereocenters. The number of nitriles is 1. The molecule has 0 saturated carbocycles. The minimum absolute atomic E-state index is 0.0716. The number of halogens is 2. The first kappa shape index (κ1) is 25.7. The molecular formula is C24H29F2N5O2S. The van der Waals surface area contributed by atoms with Crippen LogP contribution in [0.2, 0.25) is 0 Å². The van der Waals surface area contributed by atoms with Crippen molar-refractivity contribution in [2.75, 3.05) is 43.7 Å². The van der Waals surface area contributed by atoms with E-state index in [0.29, 0.717) is 37.1 Å². The van der Waals surface area contributed by atoms with E-state index in [1.165, 1.54) is 17.8 Å². The molecule has 2 heterocycles. The highest BCUT2D eigenvalue weighted by Gasteiger charge is 2.28. The molecule has 0 amide bonds. The average Bonchev–Trinajstić information content (AvgIpc) is 3.29. The molecule has 0 bridgehead atoms. The van der Waals surface area contributed by atoms with Crippen LogP contribution in [0.15, 0.2) is 29.2 Å². The summed E-state index contributed by atoms with van der Waals surface area (Å²) in [6.45, 7) is 2.97. The largest absolute Gasteiger partial charge is 0.481 e. The van der Waals surface area contributed by atoms with Crippen molar-refractivity contribution in [3.8, 4) is 6.07 Å². The standard InChI is InChI=1S/C24H29F2N5O2S/c1-14(24(32)33)9-15-5-6-20(34-4)19(10-15)28-23-18(12-27)17(22(25)26)11-21(29-23)31-8-7-16(13-31)30(2)3/h5-6,10-11,14,16,22H,7-9,13H2,1-4H3,(H,28,29)(H,32,33)/t14?,16-/m0/s1. The van der Waals surface area contributed by atoms with E-state index in [1.807, 2.05) is 43.5 Å². The predicted octanol–water partition coefficient (Wildman–Crippen LogP) is 4.76. The second-order valence-corrected chi connectivity index (χ2v) is 9.51. The van der Waals surface area contributed by atoms with Crippen LogP contribution < -0.4 is 10.2 Å². The molecule has 2 N–H and O–H groups in total. The molecule has 10 heteroatoms. The molecule has 7 nitrogen and oxygen atoms in total. The smallest absolute Gasteiger partial charge is 0.306 e. The fourth-order valence-electron chi connectivity index (χ4n) is 4.01. The number of carboxylic acids is 1. The SMILES string of the molecule is CSc1ccc(CC(C)C(=O)O)cc1Nc1nc(N2CC[C@H](N(C)C)C2)cc(C(F)F)c1C#N. The minimum atomic E-state index is -2.83. The number of rotatable bonds is 9. The molecule has 3 rings (SSSR count). The topological polar surface area (TPSA) is 92.5 Å². The van der Waals surface area contributed by atoms with Gasteiger partial charge in [-0.05, 0) is 57.0 Å². The zero-order valence-corrected chi connectivity index (χ0v) is 20.5. The Bertz CT molecular complexity index is 1090. The molecule has 1 aromatic heterocycles. The highest BCUT2D eigenvalue weighted by atomic mass is 32.2. The van der Waals surface area contributed by atoms with Gasteiger partial charge in [-0.1, -0.05) is 13.0 Å². The first-order valence-electron chi connectivity index (χ1n) is 11.0.